The molecule has 1 aliphatic carbocycles. The molecule has 1 aromatic carbocycles. The Bertz CT molecular complexity index is 1310. The summed E-state index contributed by atoms with van der Waals surface area (Å²) in [5.41, 5.74) is 1.87. The van der Waals surface area contributed by atoms with E-state index in [-0.39, 0.29) is 11.9 Å². The smallest absolute Gasteiger partial charge is 0.287 e. The molecule has 3 aromatic heterocycles. The molecule has 1 saturated carbocycles. The summed E-state index contributed by atoms with van der Waals surface area (Å²) in [4.78, 5) is 16.9. The van der Waals surface area contributed by atoms with Gasteiger partial charge in [-0.3, -0.25) is 9.20 Å². The van der Waals surface area contributed by atoms with E-state index in [9.17, 15) is 4.79 Å². The fraction of sp³-hybridized carbons (Fsp3) is 0.261. The molecule has 0 saturated heterocycles. The Kier molecular flexibility index (Phi) is 5.09. The summed E-state index contributed by atoms with van der Waals surface area (Å²) in [6.07, 6.45) is 5.41. The SMILES string of the molecule is N#Cc1cn2c(NC3CCC(NC(=O)c4cc5cc(P)ccc5o4)CC3)cccc2n1. The van der Waals surface area contributed by atoms with Gasteiger partial charge < -0.3 is 15.1 Å². The maximum atomic E-state index is 12.7. The van der Waals surface area contributed by atoms with Gasteiger partial charge in [-0.25, -0.2) is 4.98 Å². The fourth-order valence-corrected chi connectivity index (χ4v) is 4.48. The minimum Gasteiger partial charge on any atom is -0.451 e. The molecule has 0 bridgehead atoms. The van der Waals surface area contributed by atoms with E-state index in [0.717, 1.165) is 53.4 Å². The standard InChI is InChI=1S/C23H22N5O2P/c24-12-17-13-28-21(2-1-3-22(28)26-17)25-15-4-6-16(7-5-15)27-23(29)20-11-14-10-18(31)8-9-19(14)30-20/h1-3,8-11,13,15-16,25H,4-7,31H2,(H,27,29). The molecule has 4 aromatic rings. The van der Waals surface area contributed by atoms with Crippen LogP contribution in [0.25, 0.3) is 16.6 Å². The molecule has 0 spiro atoms. The predicted octanol–water partition coefficient (Wildman–Crippen LogP) is 3.61. The first kappa shape index (κ1) is 19.6. The van der Waals surface area contributed by atoms with E-state index in [2.05, 4.69) is 30.9 Å². The molecule has 5 rings (SSSR count). The van der Waals surface area contributed by atoms with Crippen LogP contribution < -0.4 is 15.9 Å². The van der Waals surface area contributed by atoms with Gasteiger partial charge >= 0.3 is 0 Å². The van der Waals surface area contributed by atoms with Crippen LogP contribution in [0.4, 0.5) is 5.82 Å². The van der Waals surface area contributed by atoms with Crippen molar-refractivity contribution in [1.82, 2.24) is 14.7 Å². The number of imidazole rings is 1. The highest BCUT2D eigenvalue weighted by Crippen LogP contribution is 2.24. The number of aromatic nitrogens is 2. The van der Waals surface area contributed by atoms with Crippen molar-refractivity contribution in [2.45, 2.75) is 37.8 Å². The minimum absolute atomic E-state index is 0.130. The maximum Gasteiger partial charge on any atom is 0.287 e. The number of carbonyl (C=O) groups excluding carboxylic acids is 1. The number of anilines is 1. The molecule has 1 fully saturated rings. The number of furan rings is 1. The number of hydrogen-bond donors (Lipinski definition) is 2. The lowest BCUT2D eigenvalue weighted by Crippen LogP contribution is -2.40. The van der Waals surface area contributed by atoms with Crippen LogP contribution in [-0.2, 0) is 0 Å². The normalized spacial score (nSPS) is 18.7. The molecule has 0 aliphatic heterocycles. The van der Waals surface area contributed by atoms with Crippen LogP contribution in [0.2, 0.25) is 0 Å². The third-order valence-corrected chi connectivity index (χ3v) is 6.14. The van der Waals surface area contributed by atoms with Crippen LogP contribution in [0.3, 0.4) is 0 Å². The summed E-state index contributed by atoms with van der Waals surface area (Å²) < 4.78 is 7.62. The highest BCUT2D eigenvalue weighted by Gasteiger charge is 2.24. The number of nitriles is 1. The monoisotopic (exact) mass is 431 g/mol. The van der Waals surface area contributed by atoms with Crippen molar-refractivity contribution in [2.24, 2.45) is 0 Å². The van der Waals surface area contributed by atoms with Gasteiger partial charge in [-0.2, -0.15) is 5.26 Å². The molecule has 156 valence electrons. The largest absolute Gasteiger partial charge is 0.451 e. The van der Waals surface area contributed by atoms with Gasteiger partial charge in [0, 0.05) is 23.7 Å². The van der Waals surface area contributed by atoms with Crippen molar-refractivity contribution >= 4 is 42.9 Å². The zero-order chi connectivity index (χ0) is 21.4. The summed E-state index contributed by atoms with van der Waals surface area (Å²) in [6.45, 7) is 0. The van der Waals surface area contributed by atoms with Gasteiger partial charge in [0.2, 0.25) is 0 Å². The lowest BCUT2D eigenvalue weighted by Gasteiger charge is -2.30. The molecular weight excluding hydrogens is 409 g/mol. The molecular formula is C23H22N5O2P. The average molecular weight is 431 g/mol. The summed E-state index contributed by atoms with van der Waals surface area (Å²) in [7, 11) is 2.65. The second kappa shape index (κ2) is 8.05. The molecule has 31 heavy (non-hydrogen) atoms. The van der Waals surface area contributed by atoms with E-state index >= 15 is 0 Å². The number of pyridine rings is 1. The number of hydrogen-bond acceptors (Lipinski definition) is 5. The van der Waals surface area contributed by atoms with Crippen molar-refractivity contribution in [3.05, 3.63) is 60.1 Å². The first-order chi connectivity index (χ1) is 15.1. The average Bonchev–Trinajstić information content (AvgIpc) is 3.39. The zero-order valence-electron chi connectivity index (χ0n) is 16.8. The third kappa shape index (κ3) is 3.99. The third-order valence-electron chi connectivity index (χ3n) is 5.79. The van der Waals surface area contributed by atoms with Gasteiger partial charge in [0.1, 0.15) is 23.1 Å². The van der Waals surface area contributed by atoms with Crippen LogP contribution in [0.1, 0.15) is 41.9 Å². The van der Waals surface area contributed by atoms with E-state index in [1.54, 1.807) is 12.3 Å². The van der Waals surface area contributed by atoms with Crippen molar-refractivity contribution in [3.8, 4) is 6.07 Å². The fourth-order valence-electron chi connectivity index (χ4n) is 4.20. The van der Waals surface area contributed by atoms with Crippen LogP contribution in [0.15, 0.2) is 53.1 Å². The second-order valence-corrected chi connectivity index (χ2v) is 8.62. The first-order valence-electron chi connectivity index (χ1n) is 10.3. The number of fused-ring (bicyclic) bond motifs is 2. The van der Waals surface area contributed by atoms with Crippen LogP contribution in [0.5, 0.6) is 0 Å². The Balaban J connectivity index is 1.20. The number of rotatable bonds is 4. The highest BCUT2D eigenvalue weighted by atomic mass is 31.0. The summed E-state index contributed by atoms with van der Waals surface area (Å²) in [6, 6.07) is 15.9. The second-order valence-electron chi connectivity index (χ2n) is 7.95. The highest BCUT2D eigenvalue weighted by molar-refractivity contribution is 7.27. The Morgan fingerprint density at radius 2 is 1.97 bits per heavy atom. The Morgan fingerprint density at radius 1 is 1.16 bits per heavy atom. The molecule has 1 unspecified atom stereocenters. The number of amides is 1. The van der Waals surface area contributed by atoms with Gasteiger partial charge in [-0.1, -0.05) is 12.1 Å². The number of benzene rings is 1. The van der Waals surface area contributed by atoms with Crippen molar-refractivity contribution in [1.29, 1.82) is 5.26 Å². The molecule has 1 aliphatic rings. The van der Waals surface area contributed by atoms with Crippen molar-refractivity contribution in [2.75, 3.05) is 5.32 Å². The van der Waals surface area contributed by atoms with Gasteiger partial charge in [0.25, 0.3) is 5.91 Å². The van der Waals surface area contributed by atoms with E-state index < -0.39 is 0 Å². The quantitative estimate of drug-likeness (QED) is 0.482. The van der Waals surface area contributed by atoms with Crippen molar-refractivity contribution in [3.63, 3.8) is 0 Å². The Hall–Kier alpha value is -3.36. The van der Waals surface area contributed by atoms with Gasteiger partial charge in [-0.05, 0) is 61.3 Å². The molecule has 1 amide bonds. The summed E-state index contributed by atoms with van der Waals surface area (Å²) >= 11 is 0. The number of carbonyl (C=O) groups is 1. The van der Waals surface area contributed by atoms with Gasteiger partial charge in [0.15, 0.2) is 11.5 Å². The van der Waals surface area contributed by atoms with Gasteiger partial charge in [0.05, 0.1) is 0 Å². The molecule has 0 radical (unpaired) electrons. The van der Waals surface area contributed by atoms with Crippen LogP contribution >= 0.6 is 9.24 Å². The summed E-state index contributed by atoms with van der Waals surface area (Å²) in [5, 5.41) is 17.8. The first-order valence-corrected chi connectivity index (χ1v) is 10.9. The molecule has 3 heterocycles. The number of nitrogens with zero attached hydrogens (tertiary/aromatic N) is 3. The molecule has 2 N–H and O–H groups in total. The van der Waals surface area contributed by atoms with Crippen LogP contribution in [-0.4, -0.2) is 27.4 Å². The minimum atomic E-state index is -0.162. The number of nitrogens with one attached hydrogen (secondary N) is 2. The topological polar surface area (TPSA) is 95.4 Å². The van der Waals surface area contributed by atoms with Gasteiger partial charge in [-0.15, -0.1) is 9.24 Å². The maximum absolute atomic E-state index is 12.7. The summed E-state index contributed by atoms with van der Waals surface area (Å²) in [5.74, 6) is 1.12. The van der Waals surface area contributed by atoms with E-state index in [0.29, 0.717) is 17.5 Å². The molecule has 8 heteroatoms. The van der Waals surface area contributed by atoms with Crippen molar-refractivity contribution < 1.29 is 9.21 Å². The van der Waals surface area contributed by atoms with Crippen LogP contribution in [0, 0.1) is 11.3 Å². The molecule has 7 nitrogen and oxygen atoms in total. The lowest BCUT2D eigenvalue weighted by atomic mass is 9.91. The van der Waals surface area contributed by atoms with E-state index in [1.165, 1.54) is 0 Å². The zero-order valence-corrected chi connectivity index (χ0v) is 18.0. The Labute approximate surface area is 181 Å². The van der Waals surface area contributed by atoms with E-state index in [4.69, 9.17) is 9.68 Å². The predicted molar refractivity (Wildman–Crippen MR) is 123 cm³/mol. The molecule has 1 atom stereocenters. The lowest BCUT2D eigenvalue weighted by molar-refractivity contribution is 0.0900. The van der Waals surface area contributed by atoms with E-state index in [1.807, 2.05) is 40.8 Å². The Morgan fingerprint density at radius 3 is 2.77 bits per heavy atom.